The van der Waals surface area contributed by atoms with Gasteiger partial charge in [0.2, 0.25) is 0 Å². The minimum atomic E-state index is 0.624. The van der Waals surface area contributed by atoms with Gasteiger partial charge in [-0.15, -0.1) is 0 Å². The van der Waals surface area contributed by atoms with E-state index in [1.807, 2.05) is 6.07 Å². The second-order valence-electron chi connectivity index (χ2n) is 6.78. The first-order valence-electron chi connectivity index (χ1n) is 8.64. The fourth-order valence-corrected chi connectivity index (χ4v) is 3.66. The molecule has 1 N–H and O–H groups in total. The largest absolute Gasteiger partial charge is 0.371 e. The fraction of sp³-hybridized carbons (Fsp3) is 0.429. The lowest BCUT2D eigenvalue weighted by molar-refractivity contribution is 0.413. The predicted molar refractivity (Wildman–Crippen MR) is 98.0 cm³/mol. The van der Waals surface area contributed by atoms with Crippen LogP contribution in [0.15, 0.2) is 36.4 Å². The van der Waals surface area contributed by atoms with Crippen molar-refractivity contribution in [1.29, 1.82) is 0 Å². The molecule has 0 bridgehead atoms. The number of aryl methyl sites for hydroxylation is 3. The summed E-state index contributed by atoms with van der Waals surface area (Å²) in [6.45, 7) is 9.87. The highest BCUT2D eigenvalue weighted by Gasteiger charge is 2.19. The zero-order valence-corrected chi connectivity index (χ0v) is 14.5. The number of hydrogen-bond donors (Lipinski definition) is 1. The van der Waals surface area contributed by atoms with Gasteiger partial charge in [0.05, 0.1) is 0 Å². The lowest BCUT2D eigenvalue weighted by Gasteiger charge is -2.34. The molecule has 0 unspecified atom stereocenters. The van der Waals surface area contributed by atoms with Gasteiger partial charge in [-0.25, -0.2) is 0 Å². The van der Waals surface area contributed by atoms with Crippen LogP contribution in [0.4, 0.5) is 5.69 Å². The number of benzene rings is 2. The van der Waals surface area contributed by atoms with E-state index in [1.165, 1.54) is 40.8 Å². The molecule has 2 nitrogen and oxygen atoms in total. The highest BCUT2D eigenvalue weighted by atomic mass is 15.1. The van der Waals surface area contributed by atoms with Gasteiger partial charge in [-0.2, -0.15) is 0 Å². The van der Waals surface area contributed by atoms with E-state index < -0.39 is 0 Å². The van der Waals surface area contributed by atoms with E-state index in [-0.39, 0.29) is 0 Å². The maximum Gasteiger partial charge on any atom is 0.0372 e. The summed E-state index contributed by atoms with van der Waals surface area (Å²) in [5.41, 5.74) is 6.95. The molecule has 0 spiro atoms. The van der Waals surface area contributed by atoms with Crippen LogP contribution in [0.25, 0.3) is 0 Å². The lowest BCUT2D eigenvalue weighted by Crippen LogP contribution is -2.42. The Labute approximate surface area is 140 Å². The highest BCUT2D eigenvalue weighted by molar-refractivity contribution is 5.46. The first-order valence-corrected chi connectivity index (χ1v) is 8.64. The van der Waals surface area contributed by atoms with E-state index in [0.29, 0.717) is 6.04 Å². The number of piperidine rings is 1. The normalized spacial score (nSPS) is 15.9. The average molecular weight is 307 g/mol. The predicted octanol–water partition coefficient (Wildman–Crippen LogP) is 4.17. The van der Waals surface area contributed by atoms with Crippen molar-refractivity contribution in [2.24, 2.45) is 0 Å². The van der Waals surface area contributed by atoms with Gasteiger partial charge >= 0.3 is 0 Å². The van der Waals surface area contributed by atoms with Crippen LogP contribution in [0, 0.1) is 26.8 Å². The second-order valence-corrected chi connectivity index (χ2v) is 6.78. The van der Waals surface area contributed by atoms with Crippen molar-refractivity contribution < 1.29 is 0 Å². The van der Waals surface area contributed by atoms with Gasteiger partial charge < -0.3 is 10.2 Å². The second kappa shape index (κ2) is 7.18. The Hall–Kier alpha value is -1.80. The van der Waals surface area contributed by atoms with Crippen molar-refractivity contribution in [1.82, 2.24) is 5.32 Å². The number of hydrogen-bond acceptors (Lipinski definition) is 2. The molecule has 2 aromatic rings. The molecular formula is C21H27N2. The molecule has 1 saturated heterocycles. The Morgan fingerprint density at radius 3 is 2.43 bits per heavy atom. The molecule has 2 aromatic carbocycles. The van der Waals surface area contributed by atoms with E-state index in [0.717, 1.165) is 19.6 Å². The number of rotatable bonds is 4. The van der Waals surface area contributed by atoms with Crippen LogP contribution in [0.2, 0.25) is 0 Å². The third-order valence-electron chi connectivity index (χ3n) is 4.96. The summed E-state index contributed by atoms with van der Waals surface area (Å²) in [7, 11) is 0. The Kier molecular flexibility index (Phi) is 5.02. The molecule has 1 aliphatic heterocycles. The molecule has 23 heavy (non-hydrogen) atoms. The smallest absolute Gasteiger partial charge is 0.0372 e. The van der Waals surface area contributed by atoms with E-state index in [1.54, 1.807) is 0 Å². The van der Waals surface area contributed by atoms with Gasteiger partial charge in [-0.3, -0.25) is 0 Å². The fourth-order valence-electron chi connectivity index (χ4n) is 3.66. The summed E-state index contributed by atoms with van der Waals surface area (Å²) < 4.78 is 0. The third-order valence-corrected chi connectivity index (χ3v) is 4.96. The monoisotopic (exact) mass is 307 g/mol. The molecule has 1 aliphatic rings. The van der Waals surface area contributed by atoms with Crippen molar-refractivity contribution >= 4 is 5.69 Å². The van der Waals surface area contributed by atoms with Gasteiger partial charge in [0.25, 0.3) is 0 Å². The lowest BCUT2D eigenvalue weighted by atomic mass is 9.98. The van der Waals surface area contributed by atoms with E-state index in [4.69, 9.17) is 0 Å². The van der Waals surface area contributed by atoms with Gasteiger partial charge in [-0.1, -0.05) is 29.8 Å². The maximum atomic E-state index is 3.78. The van der Waals surface area contributed by atoms with Gasteiger partial charge in [0, 0.05) is 31.4 Å². The van der Waals surface area contributed by atoms with Gasteiger partial charge in [0.15, 0.2) is 0 Å². The summed E-state index contributed by atoms with van der Waals surface area (Å²) in [4.78, 5) is 2.47. The van der Waals surface area contributed by atoms with E-state index >= 15 is 0 Å². The van der Waals surface area contributed by atoms with E-state index in [2.05, 4.69) is 67.4 Å². The Morgan fingerprint density at radius 2 is 1.83 bits per heavy atom. The molecule has 1 heterocycles. The van der Waals surface area contributed by atoms with Crippen molar-refractivity contribution in [3.8, 4) is 0 Å². The van der Waals surface area contributed by atoms with Crippen molar-refractivity contribution in [2.45, 2.75) is 46.2 Å². The average Bonchev–Trinajstić information content (AvgIpc) is 2.55. The van der Waals surface area contributed by atoms with Crippen molar-refractivity contribution in [3.63, 3.8) is 0 Å². The zero-order chi connectivity index (χ0) is 16.2. The minimum absolute atomic E-state index is 0.624. The standard InChI is InChI=1S/C21H27N2/c1-16-13-17(2)21(18(3)14-16)15-22-19-9-11-23(12-10-19)20-7-5-4-6-8-20/h4-5,7-8,13-14,19,22H,9-12,15H2,1-3H3. The number of nitrogens with one attached hydrogen (secondary N) is 1. The van der Waals surface area contributed by atoms with Gasteiger partial charge in [-0.05, 0) is 68.5 Å². The van der Waals surface area contributed by atoms with Crippen LogP contribution in [0.3, 0.4) is 0 Å². The van der Waals surface area contributed by atoms with Crippen LogP contribution in [-0.4, -0.2) is 19.1 Å². The van der Waals surface area contributed by atoms with Crippen LogP contribution in [0.5, 0.6) is 0 Å². The topological polar surface area (TPSA) is 15.3 Å². The third kappa shape index (κ3) is 3.94. The maximum absolute atomic E-state index is 3.78. The summed E-state index contributed by atoms with van der Waals surface area (Å²) in [6, 6.07) is 16.7. The molecule has 0 amide bonds. The SMILES string of the molecule is Cc1cc(C)c(CNC2CCN(c3c[c]ccc3)CC2)c(C)c1. The van der Waals surface area contributed by atoms with Crippen LogP contribution < -0.4 is 10.2 Å². The van der Waals surface area contributed by atoms with Gasteiger partial charge in [0.1, 0.15) is 0 Å². The summed E-state index contributed by atoms with van der Waals surface area (Å²) in [5.74, 6) is 0. The molecule has 1 fully saturated rings. The first kappa shape index (κ1) is 16.1. The molecule has 0 aliphatic carbocycles. The van der Waals surface area contributed by atoms with Crippen LogP contribution in [0.1, 0.15) is 35.1 Å². The first-order chi connectivity index (χ1) is 11.1. The Morgan fingerprint density at radius 1 is 1.13 bits per heavy atom. The minimum Gasteiger partial charge on any atom is -0.371 e. The molecule has 2 heteroatoms. The molecule has 0 atom stereocenters. The summed E-state index contributed by atoms with van der Waals surface area (Å²) in [6.07, 6.45) is 2.41. The van der Waals surface area contributed by atoms with Crippen molar-refractivity contribution in [3.05, 3.63) is 64.7 Å². The summed E-state index contributed by atoms with van der Waals surface area (Å²) >= 11 is 0. The molecular weight excluding hydrogens is 280 g/mol. The van der Waals surface area contributed by atoms with E-state index in [9.17, 15) is 0 Å². The number of nitrogens with zero attached hydrogens (tertiary/aromatic N) is 1. The molecule has 0 saturated carbocycles. The Bertz CT molecular complexity index is 617. The van der Waals surface area contributed by atoms with Crippen LogP contribution in [-0.2, 0) is 6.54 Å². The quantitative estimate of drug-likeness (QED) is 0.912. The Balaban J connectivity index is 1.54. The highest BCUT2D eigenvalue weighted by Crippen LogP contribution is 2.21. The molecule has 0 aromatic heterocycles. The summed E-state index contributed by atoms with van der Waals surface area (Å²) in [5, 5.41) is 3.78. The van der Waals surface area contributed by atoms with Crippen LogP contribution >= 0.6 is 0 Å². The molecule has 121 valence electrons. The molecule has 1 radical (unpaired) electrons. The number of anilines is 1. The van der Waals surface area contributed by atoms with Crippen molar-refractivity contribution in [2.75, 3.05) is 18.0 Å². The molecule has 3 rings (SSSR count). The zero-order valence-electron chi connectivity index (χ0n) is 14.5.